The van der Waals surface area contributed by atoms with Crippen LogP contribution in [0.3, 0.4) is 0 Å². The molecule has 0 atom stereocenters. The van der Waals surface area contributed by atoms with Gasteiger partial charge in [0.25, 0.3) is 5.91 Å². The van der Waals surface area contributed by atoms with Gasteiger partial charge in [-0.1, -0.05) is 18.2 Å². The van der Waals surface area contributed by atoms with Gasteiger partial charge in [0.2, 0.25) is 0 Å². The zero-order chi connectivity index (χ0) is 12.7. The summed E-state index contributed by atoms with van der Waals surface area (Å²) >= 11 is 0. The normalized spacial score (nSPS) is 14.7. The van der Waals surface area contributed by atoms with E-state index in [9.17, 15) is 9.59 Å². The molecule has 4 nitrogen and oxygen atoms in total. The van der Waals surface area contributed by atoms with Crippen LogP contribution in [-0.2, 0) is 0 Å². The molecule has 0 saturated heterocycles. The highest BCUT2D eigenvalue weighted by molar-refractivity contribution is 5.97. The highest BCUT2D eigenvalue weighted by atomic mass is 16.4. The van der Waals surface area contributed by atoms with Crippen LogP contribution in [0.5, 0.6) is 0 Å². The van der Waals surface area contributed by atoms with Gasteiger partial charge in [0.15, 0.2) is 0 Å². The summed E-state index contributed by atoms with van der Waals surface area (Å²) in [6, 6.07) is 7.41. The van der Waals surface area contributed by atoms with Gasteiger partial charge < -0.3 is 9.73 Å². The van der Waals surface area contributed by atoms with E-state index in [-0.39, 0.29) is 17.5 Å². The Bertz CT molecular complexity index is 683. The molecule has 1 N–H and O–H groups in total. The van der Waals surface area contributed by atoms with Crippen molar-refractivity contribution in [1.82, 2.24) is 5.32 Å². The second-order valence-electron chi connectivity index (χ2n) is 4.69. The molecule has 0 aliphatic heterocycles. The Morgan fingerprint density at radius 3 is 2.89 bits per heavy atom. The second kappa shape index (κ2) is 3.98. The van der Waals surface area contributed by atoms with E-state index in [1.165, 1.54) is 0 Å². The average molecular weight is 243 g/mol. The highest BCUT2D eigenvalue weighted by Gasteiger charge is 2.25. The monoisotopic (exact) mass is 243 g/mol. The summed E-state index contributed by atoms with van der Waals surface area (Å²) in [7, 11) is 0. The Labute approximate surface area is 104 Å². The van der Waals surface area contributed by atoms with Gasteiger partial charge in [-0.15, -0.1) is 0 Å². The third-order valence-electron chi connectivity index (χ3n) is 3.11. The number of hydrogen-bond acceptors (Lipinski definition) is 3. The van der Waals surface area contributed by atoms with Gasteiger partial charge in [0.1, 0.15) is 11.1 Å². The SMILES string of the molecule is Cc1cccc2cc(C(=O)NC3CC3)c(=O)oc12. The fourth-order valence-corrected chi connectivity index (χ4v) is 1.94. The molecule has 0 bridgehead atoms. The molecule has 1 aromatic carbocycles. The molecule has 1 aliphatic rings. The first-order chi connectivity index (χ1) is 8.65. The minimum Gasteiger partial charge on any atom is -0.422 e. The third-order valence-corrected chi connectivity index (χ3v) is 3.11. The summed E-state index contributed by atoms with van der Waals surface area (Å²) in [5, 5.41) is 3.57. The predicted molar refractivity (Wildman–Crippen MR) is 67.7 cm³/mol. The maximum atomic E-state index is 11.9. The number of hydrogen-bond donors (Lipinski definition) is 1. The molecule has 1 aliphatic carbocycles. The minimum absolute atomic E-state index is 0.0833. The van der Waals surface area contributed by atoms with Gasteiger partial charge >= 0.3 is 5.63 Å². The molecule has 1 fully saturated rings. The lowest BCUT2D eigenvalue weighted by atomic mass is 10.1. The number of rotatable bonds is 2. The lowest BCUT2D eigenvalue weighted by Gasteiger charge is -2.04. The van der Waals surface area contributed by atoms with Crippen molar-refractivity contribution in [3.8, 4) is 0 Å². The van der Waals surface area contributed by atoms with Crippen molar-refractivity contribution in [1.29, 1.82) is 0 Å². The fraction of sp³-hybridized carbons (Fsp3) is 0.286. The first-order valence-corrected chi connectivity index (χ1v) is 5.99. The number of carbonyl (C=O) groups excluding carboxylic acids is 1. The number of amides is 1. The van der Waals surface area contributed by atoms with E-state index in [0.717, 1.165) is 23.8 Å². The van der Waals surface area contributed by atoms with E-state index >= 15 is 0 Å². The van der Waals surface area contributed by atoms with E-state index in [1.807, 2.05) is 25.1 Å². The van der Waals surface area contributed by atoms with Crippen LogP contribution < -0.4 is 10.9 Å². The molecule has 18 heavy (non-hydrogen) atoms. The summed E-state index contributed by atoms with van der Waals surface area (Å²) in [6.45, 7) is 1.87. The van der Waals surface area contributed by atoms with Crippen LogP contribution in [0.4, 0.5) is 0 Å². The zero-order valence-electron chi connectivity index (χ0n) is 10.0. The van der Waals surface area contributed by atoms with Crippen LogP contribution in [0.1, 0.15) is 28.8 Å². The Morgan fingerprint density at radius 2 is 2.17 bits per heavy atom. The largest absolute Gasteiger partial charge is 0.422 e. The van der Waals surface area contributed by atoms with E-state index in [1.54, 1.807) is 6.07 Å². The summed E-state index contributed by atoms with van der Waals surface area (Å²) < 4.78 is 5.23. The topological polar surface area (TPSA) is 59.3 Å². The molecule has 1 saturated carbocycles. The number of carbonyl (C=O) groups is 1. The highest BCUT2D eigenvalue weighted by Crippen LogP contribution is 2.20. The maximum Gasteiger partial charge on any atom is 0.349 e. The maximum absolute atomic E-state index is 11.9. The lowest BCUT2D eigenvalue weighted by Crippen LogP contribution is -2.29. The van der Waals surface area contributed by atoms with Crippen LogP contribution in [0.2, 0.25) is 0 Å². The Balaban J connectivity index is 2.09. The molecule has 1 amide bonds. The fourth-order valence-electron chi connectivity index (χ4n) is 1.94. The van der Waals surface area contributed by atoms with Crippen molar-refractivity contribution in [2.24, 2.45) is 0 Å². The predicted octanol–water partition coefficient (Wildman–Crippen LogP) is 1.99. The molecule has 2 aromatic rings. The summed E-state index contributed by atoms with van der Waals surface area (Å²) in [5.74, 6) is -0.338. The quantitative estimate of drug-likeness (QED) is 0.820. The van der Waals surface area contributed by atoms with Crippen LogP contribution in [-0.4, -0.2) is 11.9 Å². The van der Waals surface area contributed by atoms with E-state index in [0.29, 0.717) is 5.58 Å². The zero-order valence-corrected chi connectivity index (χ0v) is 10.0. The molecule has 1 heterocycles. The second-order valence-corrected chi connectivity index (χ2v) is 4.69. The van der Waals surface area contributed by atoms with Crippen LogP contribution in [0.25, 0.3) is 11.0 Å². The van der Waals surface area contributed by atoms with Crippen molar-refractivity contribution in [3.05, 3.63) is 45.8 Å². The van der Waals surface area contributed by atoms with Gasteiger partial charge in [-0.05, 0) is 31.4 Å². The van der Waals surface area contributed by atoms with Crippen LogP contribution in [0, 0.1) is 6.92 Å². The summed E-state index contributed by atoms with van der Waals surface area (Å²) in [4.78, 5) is 23.7. The molecule has 0 spiro atoms. The van der Waals surface area contributed by atoms with E-state index in [2.05, 4.69) is 5.32 Å². The van der Waals surface area contributed by atoms with Crippen molar-refractivity contribution in [2.45, 2.75) is 25.8 Å². The number of fused-ring (bicyclic) bond motifs is 1. The summed E-state index contributed by atoms with van der Waals surface area (Å²) in [5.41, 5.74) is 0.944. The molecule has 92 valence electrons. The van der Waals surface area contributed by atoms with Gasteiger partial charge in [-0.25, -0.2) is 4.79 Å². The van der Waals surface area contributed by atoms with Gasteiger partial charge in [-0.2, -0.15) is 0 Å². The first kappa shape index (κ1) is 11.0. The molecule has 0 unspecified atom stereocenters. The number of nitrogens with one attached hydrogen (secondary N) is 1. The average Bonchev–Trinajstić information content (AvgIpc) is 3.13. The van der Waals surface area contributed by atoms with Crippen molar-refractivity contribution in [2.75, 3.05) is 0 Å². The number of para-hydroxylation sites is 1. The van der Waals surface area contributed by atoms with Gasteiger partial charge in [0, 0.05) is 11.4 Å². The Morgan fingerprint density at radius 1 is 1.39 bits per heavy atom. The standard InChI is InChI=1S/C14H13NO3/c1-8-3-2-4-9-7-11(14(17)18-12(8)9)13(16)15-10-5-6-10/h2-4,7,10H,5-6H2,1H3,(H,15,16). The Kier molecular flexibility index (Phi) is 2.44. The number of benzene rings is 1. The molecule has 0 radical (unpaired) electrons. The molecule has 3 rings (SSSR count). The van der Waals surface area contributed by atoms with Crippen LogP contribution in [0.15, 0.2) is 33.5 Å². The van der Waals surface area contributed by atoms with Gasteiger partial charge in [0.05, 0.1) is 0 Å². The van der Waals surface area contributed by atoms with Crippen LogP contribution >= 0.6 is 0 Å². The first-order valence-electron chi connectivity index (χ1n) is 5.99. The molecular weight excluding hydrogens is 230 g/mol. The molecule has 1 aromatic heterocycles. The van der Waals surface area contributed by atoms with Crippen molar-refractivity contribution >= 4 is 16.9 Å². The van der Waals surface area contributed by atoms with Crippen molar-refractivity contribution in [3.63, 3.8) is 0 Å². The minimum atomic E-state index is -0.574. The van der Waals surface area contributed by atoms with E-state index in [4.69, 9.17) is 4.42 Å². The third kappa shape index (κ3) is 1.90. The number of aryl methyl sites for hydroxylation is 1. The van der Waals surface area contributed by atoms with Crippen molar-refractivity contribution < 1.29 is 9.21 Å². The smallest absolute Gasteiger partial charge is 0.349 e. The summed E-state index contributed by atoms with van der Waals surface area (Å²) in [6.07, 6.45) is 1.98. The molecule has 4 heteroatoms. The Hall–Kier alpha value is -2.10. The lowest BCUT2D eigenvalue weighted by molar-refractivity contribution is 0.0947. The van der Waals surface area contributed by atoms with Gasteiger partial charge in [-0.3, -0.25) is 4.79 Å². The molecular formula is C14H13NO3. The van der Waals surface area contributed by atoms with E-state index < -0.39 is 5.63 Å².